The van der Waals surface area contributed by atoms with Crippen LogP contribution in [0.5, 0.6) is 5.88 Å². The van der Waals surface area contributed by atoms with Crippen LogP contribution < -0.4 is 10.5 Å². The third-order valence-corrected chi connectivity index (χ3v) is 4.46. The minimum atomic E-state index is -0.184. The zero-order valence-electron chi connectivity index (χ0n) is 12.8. The molecule has 0 radical (unpaired) electrons. The molecule has 0 amide bonds. The average molecular weight is 278 g/mol. The first-order valence-corrected chi connectivity index (χ1v) is 7.32. The maximum absolute atomic E-state index is 6.20. The van der Waals surface area contributed by atoms with Gasteiger partial charge in [-0.25, -0.2) is 4.98 Å². The molecule has 0 atom stereocenters. The van der Waals surface area contributed by atoms with E-state index in [1.807, 2.05) is 12.1 Å². The molecular formula is C16H26N2O2. The first-order chi connectivity index (χ1) is 9.50. The molecule has 2 rings (SSSR count). The summed E-state index contributed by atoms with van der Waals surface area (Å²) in [5.41, 5.74) is 7.20. The molecule has 0 aliphatic heterocycles. The van der Waals surface area contributed by atoms with Crippen LogP contribution >= 0.6 is 0 Å². The lowest BCUT2D eigenvalue weighted by Crippen LogP contribution is -2.45. The van der Waals surface area contributed by atoms with Crippen LogP contribution in [0.3, 0.4) is 0 Å². The van der Waals surface area contributed by atoms with Gasteiger partial charge in [0.05, 0.1) is 19.3 Å². The lowest BCUT2D eigenvalue weighted by Gasteiger charge is -2.42. The van der Waals surface area contributed by atoms with Gasteiger partial charge in [-0.2, -0.15) is 0 Å². The number of nitrogens with zero attached hydrogens (tertiary/aromatic N) is 1. The van der Waals surface area contributed by atoms with E-state index in [9.17, 15) is 0 Å². The average Bonchev–Trinajstić information content (AvgIpc) is 2.47. The molecule has 1 aromatic rings. The second-order valence-electron chi connectivity index (χ2n) is 6.51. The van der Waals surface area contributed by atoms with E-state index in [2.05, 4.69) is 18.8 Å². The molecule has 1 aliphatic carbocycles. The zero-order chi connectivity index (χ0) is 14.6. The molecule has 1 heterocycles. The van der Waals surface area contributed by atoms with Gasteiger partial charge in [-0.15, -0.1) is 0 Å². The number of rotatable bonds is 5. The molecule has 1 aliphatic rings. The summed E-state index contributed by atoms with van der Waals surface area (Å²) in [5, 5.41) is 0. The molecule has 1 aromatic heterocycles. The quantitative estimate of drug-likeness (QED) is 0.899. The SMILES string of the molecule is COc1ncccc1COC1(CN)CCC(C)(C)CC1. The monoisotopic (exact) mass is 278 g/mol. The Morgan fingerprint density at radius 1 is 1.25 bits per heavy atom. The lowest BCUT2D eigenvalue weighted by molar-refractivity contribution is -0.0908. The van der Waals surface area contributed by atoms with Crippen molar-refractivity contribution in [2.45, 2.75) is 51.7 Å². The van der Waals surface area contributed by atoms with Crippen molar-refractivity contribution >= 4 is 0 Å². The zero-order valence-corrected chi connectivity index (χ0v) is 12.8. The normalized spacial score (nSPS) is 20.6. The third-order valence-electron chi connectivity index (χ3n) is 4.46. The Kier molecular flexibility index (Phi) is 4.66. The summed E-state index contributed by atoms with van der Waals surface area (Å²) in [5.74, 6) is 0.635. The van der Waals surface area contributed by atoms with Gasteiger partial charge in [0.2, 0.25) is 5.88 Å². The van der Waals surface area contributed by atoms with Gasteiger partial charge < -0.3 is 15.2 Å². The van der Waals surface area contributed by atoms with Crippen LogP contribution in [0.2, 0.25) is 0 Å². The van der Waals surface area contributed by atoms with E-state index in [0.29, 0.717) is 24.4 Å². The molecule has 0 spiro atoms. The Labute approximate surface area is 121 Å². The fraction of sp³-hybridized carbons (Fsp3) is 0.688. The topological polar surface area (TPSA) is 57.4 Å². The summed E-state index contributed by atoms with van der Waals surface area (Å²) in [6, 6.07) is 3.89. The Hall–Kier alpha value is -1.13. The van der Waals surface area contributed by atoms with E-state index in [-0.39, 0.29) is 5.60 Å². The van der Waals surface area contributed by atoms with Crippen molar-refractivity contribution in [2.24, 2.45) is 11.1 Å². The van der Waals surface area contributed by atoms with Gasteiger partial charge in [-0.3, -0.25) is 0 Å². The van der Waals surface area contributed by atoms with Crippen molar-refractivity contribution in [3.63, 3.8) is 0 Å². The molecule has 1 saturated carbocycles. The van der Waals surface area contributed by atoms with Crippen LogP contribution in [0.1, 0.15) is 45.1 Å². The predicted octanol–water partition coefficient (Wildman–Crippen LogP) is 2.90. The number of nitrogens with two attached hydrogens (primary N) is 1. The van der Waals surface area contributed by atoms with Crippen LogP contribution in [0.4, 0.5) is 0 Å². The van der Waals surface area contributed by atoms with Crippen LogP contribution in [0.15, 0.2) is 18.3 Å². The van der Waals surface area contributed by atoms with E-state index in [4.69, 9.17) is 15.2 Å². The van der Waals surface area contributed by atoms with Gasteiger partial charge in [0, 0.05) is 18.3 Å². The highest BCUT2D eigenvalue weighted by Gasteiger charge is 2.38. The molecular weight excluding hydrogens is 252 g/mol. The van der Waals surface area contributed by atoms with E-state index in [1.54, 1.807) is 13.3 Å². The van der Waals surface area contributed by atoms with E-state index in [1.165, 1.54) is 0 Å². The maximum atomic E-state index is 6.20. The van der Waals surface area contributed by atoms with Gasteiger partial charge in [0.25, 0.3) is 0 Å². The van der Waals surface area contributed by atoms with E-state index < -0.39 is 0 Å². The van der Waals surface area contributed by atoms with Crippen molar-refractivity contribution in [3.8, 4) is 5.88 Å². The van der Waals surface area contributed by atoms with Gasteiger partial charge in [-0.05, 0) is 43.2 Å². The molecule has 2 N–H and O–H groups in total. The van der Waals surface area contributed by atoms with Gasteiger partial charge in [0.1, 0.15) is 0 Å². The van der Waals surface area contributed by atoms with Crippen LogP contribution in [-0.2, 0) is 11.3 Å². The first kappa shape index (κ1) is 15.3. The molecule has 4 nitrogen and oxygen atoms in total. The summed E-state index contributed by atoms with van der Waals surface area (Å²) in [6.45, 7) is 5.72. The highest BCUT2D eigenvalue weighted by atomic mass is 16.5. The smallest absolute Gasteiger partial charge is 0.218 e. The minimum absolute atomic E-state index is 0.184. The molecule has 0 unspecified atom stereocenters. The second kappa shape index (κ2) is 6.10. The Morgan fingerprint density at radius 2 is 1.95 bits per heavy atom. The summed E-state index contributed by atoms with van der Waals surface area (Å²) in [7, 11) is 1.63. The van der Waals surface area contributed by atoms with E-state index in [0.717, 1.165) is 31.2 Å². The van der Waals surface area contributed by atoms with Crippen LogP contribution in [0.25, 0.3) is 0 Å². The van der Waals surface area contributed by atoms with Crippen molar-refractivity contribution in [1.29, 1.82) is 0 Å². The second-order valence-corrected chi connectivity index (χ2v) is 6.51. The number of aromatic nitrogens is 1. The standard InChI is InChI=1S/C16H26N2O2/c1-15(2)6-8-16(12-17,9-7-15)20-11-13-5-4-10-18-14(13)19-3/h4-5,10H,6-9,11-12,17H2,1-3H3. The van der Waals surface area contributed by atoms with Crippen molar-refractivity contribution in [2.75, 3.05) is 13.7 Å². The summed E-state index contributed by atoms with van der Waals surface area (Å²) in [6.07, 6.45) is 6.10. The molecule has 0 saturated heterocycles. The van der Waals surface area contributed by atoms with Gasteiger partial charge in [-0.1, -0.05) is 13.8 Å². The van der Waals surface area contributed by atoms with Crippen molar-refractivity contribution in [3.05, 3.63) is 23.9 Å². The Morgan fingerprint density at radius 3 is 2.55 bits per heavy atom. The van der Waals surface area contributed by atoms with Crippen LogP contribution in [0, 0.1) is 5.41 Å². The Balaban J connectivity index is 2.01. The molecule has 112 valence electrons. The molecule has 20 heavy (non-hydrogen) atoms. The fourth-order valence-electron chi connectivity index (χ4n) is 2.74. The number of ether oxygens (including phenoxy) is 2. The molecule has 1 fully saturated rings. The molecule has 4 heteroatoms. The first-order valence-electron chi connectivity index (χ1n) is 7.32. The highest BCUT2D eigenvalue weighted by molar-refractivity contribution is 5.24. The summed E-state index contributed by atoms with van der Waals surface area (Å²) >= 11 is 0. The predicted molar refractivity (Wildman–Crippen MR) is 79.6 cm³/mol. The van der Waals surface area contributed by atoms with Crippen molar-refractivity contribution in [1.82, 2.24) is 4.98 Å². The van der Waals surface area contributed by atoms with Gasteiger partial charge in [0.15, 0.2) is 0 Å². The fourth-order valence-corrected chi connectivity index (χ4v) is 2.74. The number of hydrogen-bond acceptors (Lipinski definition) is 4. The largest absolute Gasteiger partial charge is 0.481 e. The number of methoxy groups -OCH3 is 1. The number of hydrogen-bond donors (Lipinski definition) is 1. The van der Waals surface area contributed by atoms with Gasteiger partial charge >= 0.3 is 0 Å². The Bertz CT molecular complexity index is 436. The summed E-state index contributed by atoms with van der Waals surface area (Å²) in [4.78, 5) is 4.20. The lowest BCUT2D eigenvalue weighted by atomic mass is 9.71. The van der Waals surface area contributed by atoms with E-state index >= 15 is 0 Å². The van der Waals surface area contributed by atoms with Crippen molar-refractivity contribution < 1.29 is 9.47 Å². The highest BCUT2D eigenvalue weighted by Crippen LogP contribution is 2.42. The molecule has 0 bridgehead atoms. The number of pyridine rings is 1. The third kappa shape index (κ3) is 3.49. The minimum Gasteiger partial charge on any atom is -0.481 e. The van der Waals surface area contributed by atoms with Crippen LogP contribution in [-0.4, -0.2) is 24.2 Å². The maximum Gasteiger partial charge on any atom is 0.218 e. The molecule has 0 aromatic carbocycles. The summed E-state index contributed by atoms with van der Waals surface area (Å²) < 4.78 is 11.5.